The number of anilines is 1. The van der Waals surface area contributed by atoms with Gasteiger partial charge < -0.3 is 5.32 Å². The van der Waals surface area contributed by atoms with Crippen molar-refractivity contribution in [2.75, 3.05) is 23.4 Å². The number of nitrogens with one attached hydrogen (secondary N) is 1. The summed E-state index contributed by atoms with van der Waals surface area (Å²) in [5.74, 6) is 2.79. The first-order valence-corrected chi connectivity index (χ1v) is 7.86. The van der Waals surface area contributed by atoms with Crippen LogP contribution in [0.3, 0.4) is 0 Å². The Hall–Kier alpha value is -1.83. The van der Waals surface area contributed by atoms with E-state index in [2.05, 4.69) is 20.3 Å². The van der Waals surface area contributed by atoms with Crippen molar-refractivity contribution in [1.29, 1.82) is 0 Å². The van der Waals surface area contributed by atoms with Crippen LogP contribution in [0.25, 0.3) is 11.4 Å². The molecule has 0 unspecified atom stereocenters. The van der Waals surface area contributed by atoms with E-state index >= 15 is 0 Å². The molecule has 22 heavy (non-hydrogen) atoms. The van der Waals surface area contributed by atoms with Crippen molar-refractivity contribution in [2.45, 2.75) is 6.18 Å². The first kappa shape index (κ1) is 15.1. The SMILES string of the molecule is FC(F)(F)c1cc(NCC2CSC2)nc(-c2ccncc2)n1. The first-order chi connectivity index (χ1) is 10.5. The van der Waals surface area contributed by atoms with E-state index in [-0.39, 0.29) is 11.6 Å². The average molecular weight is 326 g/mol. The van der Waals surface area contributed by atoms with Gasteiger partial charge in [-0.15, -0.1) is 0 Å². The molecule has 0 aliphatic carbocycles. The van der Waals surface area contributed by atoms with Crippen molar-refractivity contribution in [1.82, 2.24) is 15.0 Å². The zero-order chi connectivity index (χ0) is 15.6. The zero-order valence-corrected chi connectivity index (χ0v) is 12.3. The minimum absolute atomic E-state index is 0.0442. The minimum atomic E-state index is -4.51. The molecule has 0 atom stereocenters. The van der Waals surface area contributed by atoms with Gasteiger partial charge in [0.15, 0.2) is 11.5 Å². The Morgan fingerprint density at radius 3 is 2.50 bits per heavy atom. The molecule has 0 aromatic carbocycles. The predicted molar refractivity (Wildman–Crippen MR) is 79.6 cm³/mol. The molecule has 1 aliphatic heterocycles. The molecular formula is C14H13F3N4S. The lowest BCUT2D eigenvalue weighted by atomic mass is 10.2. The zero-order valence-electron chi connectivity index (χ0n) is 11.5. The van der Waals surface area contributed by atoms with Crippen LogP contribution in [0, 0.1) is 5.92 Å². The molecular weight excluding hydrogens is 313 g/mol. The van der Waals surface area contributed by atoms with Gasteiger partial charge in [-0.1, -0.05) is 0 Å². The summed E-state index contributed by atoms with van der Waals surface area (Å²) in [6, 6.07) is 4.13. The summed E-state index contributed by atoms with van der Waals surface area (Å²) in [7, 11) is 0. The molecule has 0 saturated carbocycles. The van der Waals surface area contributed by atoms with Crippen molar-refractivity contribution in [2.24, 2.45) is 5.92 Å². The Morgan fingerprint density at radius 1 is 1.18 bits per heavy atom. The van der Waals surface area contributed by atoms with Gasteiger partial charge in [0.25, 0.3) is 0 Å². The standard InChI is InChI=1S/C14H13F3N4S/c15-14(16,17)11-5-12(19-6-9-7-22-8-9)21-13(20-11)10-1-3-18-4-2-10/h1-5,9H,6-8H2,(H,19,20,21). The third-order valence-corrected chi connectivity index (χ3v) is 4.65. The van der Waals surface area contributed by atoms with Crippen LogP contribution in [0.1, 0.15) is 5.69 Å². The lowest BCUT2D eigenvalue weighted by Gasteiger charge is -2.25. The molecule has 116 valence electrons. The molecule has 2 aromatic rings. The largest absolute Gasteiger partial charge is 0.433 e. The molecule has 1 aliphatic rings. The maximum atomic E-state index is 13.0. The van der Waals surface area contributed by atoms with Gasteiger partial charge in [0.05, 0.1) is 0 Å². The summed E-state index contributed by atoms with van der Waals surface area (Å²) < 4.78 is 39.0. The molecule has 1 fully saturated rings. The predicted octanol–water partition coefficient (Wildman–Crippen LogP) is 3.33. The highest BCUT2D eigenvalue weighted by atomic mass is 32.2. The summed E-state index contributed by atoms with van der Waals surface area (Å²) >= 11 is 1.83. The van der Waals surface area contributed by atoms with Gasteiger partial charge in [0.2, 0.25) is 0 Å². The van der Waals surface area contributed by atoms with Gasteiger partial charge in [0, 0.05) is 30.6 Å². The maximum absolute atomic E-state index is 13.0. The Kier molecular flexibility index (Phi) is 4.19. The number of rotatable bonds is 4. The molecule has 1 saturated heterocycles. The number of halogens is 3. The molecule has 3 heterocycles. The first-order valence-electron chi connectivity index (χ1n) is 6.70. The van der Waals surface area contributed by atoms with Crippen LogP contribution in [0.5, 0.6) is 0 Å². The Morgan fingerprint density at radius 2 is 1.91 bits per heavy atom. The topological polar surface area (TPSA) is 50.7 Å². The van der Waals surface area contributed by atoms with Crippen LogP contribution >= 0.6 is 11.8 Å². The summed E-state index contributed by atoms with van der Waals surface area (Å²) in [5.41, 5.74) is -0.442. The van der Waals surface area contributed by atoms with E-state index < -0.39 is 11.9 Å². The minimum Gasteiger partial charge on any atom is -0.370 e. The van der Waals surface area contributed by atoms with Crippen LogP contribution in [0.4, 0.5) is 19.0 Å². The van der Waals surface area contributed by atoms with E-state index in [1.807, 2.05) is 11.8 Å². The molecule has 0 amide bonds. The highest BCUT2D eigenvalue weighted by Crippen LogP contribution is 2.31. The Balaban J connectivity index is 1.91. The van der Waals surface area contributed by atoms with Crippen LogP contribution in [-0.4, -0.2) is 33.0 Å². The lowest BCUT2D eigenvalue weighted by Crippen LogP contribution is -2.26. The second-order valence-electron chi connectivity index (χ2n) is 4.98. The Labute approximate surface area is 129 Å². The molecule has 0 radical (unpaired) electrons. The van der Waals surface area contributed by atoms with Crippen molar-refractivity contribution in [3.05, 3.63) is 36.3 Å². The summed E-state index contributed by atoms with van der Waals surface area (Å²) in [5, 5.41) is 2.99. The molecule has 2 aromatic heterocycles. The number of hydrogen-bond acceptors (Lipinski definition) is 5. The van der Waals surface area contributed by atoms with Crippen LogP contribution < -0.4 is 5.32 Å². The van der Waals surface area contributed by atoms with E-state index in [1.165, 1.54) is 12.4 Å². The molecule has 3 rings (SSSR count). The summed E-state index contributed by atoms with van der Waals surface area (Å²) in [4.78, 5) is 11.7. The van der Waals surface area contributed by atoms with E-state index in [1.54, 1.807) is 12.1 Å². The van der Waals surface area contributed by atoms with E-state index in [9.17, 15) is 13.2 Å². The van der Waals surface area contributed by atoms with Gasteiger partial charge in [-0.3, -0.25) is 4.98 Å². The smallest absolute Gasteiger partial charge is 0.370 e. The average Bonchev–Trinajstić information content (AvgIpc) is 2.45. The van der Waals surface area contributed by atoms with Crippen LogP contribution in [-0.2, 0) is 6.18 Å². The van der Waals surface area contributed by atoms with Crippen LogP contribution in [0.15, 0.2) is 30.6 Å². The van der Waals surface area contributed by atoms with E-state index in [0.717, 1.165) is 17.6 Å². The highest BCUT2D eigenvalue weighted by Gasteiger charge is 2.34. The molecule has 1 N–H and O–H groups in total. The summed E-state index contributed by atoms with van der Waals surface area (Å²) in [6.07, 6.45) is -1.51. The monoisotopic (exact) mass is 326 g/mol. The lowest BCUT2D eigenvalue weighted by molar-refractivity contribution is -0.141. The highest BCUT2D eigenvalue weighted by molar-refractivity contribution is 8.00. The van der Waals surface area contributed by atoms with E-state index in [0.29, 0.717) is 18.0 Å². The normalized spacial score (nSPS) is 15.4. The third-order valence-electron chi connectivity index (χ3n) is 3.23. The number of alkyl halides is 3. The summed E-state index contributed by atoms with van der Waals surface area (Å²) in [6.45, 7) is 0.622. The van der Waals surface area contributed by atoms with Gasteiger partial charge in [-0.05, 0) is 29.6 Å². The van der Waals surface area contributed by atoms with Crippen molar-refractivity contribution < 1.29 is 13.2 Å². The quantitative estimate of drug-likeness (QED) is 0.934. The molecule has 8 heteroatoms. The van der Waals surface area contributed by atoms with Gasteiger partial charge in [-0.2, -0.15) is 24.9 Å². The second kappa shape index (κ2) is 6.12. The fraction of sp³-hybridized carbons (Fsp3) is 0.357. The second-order valence-corrected chi connectivity index (χ2v) is 6.05. The number of nitrogens with zero attached hydrogens (tertiary/aromatic N) is 3. The Bertz CT molecular complexity index is 644. The fourth-order valence-electron chi connectivity index (χ4n) is 1.96. The molecule has 4 nitrogen and oxygen atoms in total. The van der Waals surface area contributed by atoms with E-state index in [4.69, 9.17) is 0 Å². The molecule has 0 spiro atoms. The number of aromatic nitrogens is 3. The number of hydrogen-bond donors (Lipinski definition) is 1. The van der Waals surface area contributed by atoms with Gasteiger partial charge in [-0.25, -0.2) is 9.97 Å². The van der Waals surface area contributed by atoms with Gasteiger partial charge in [0.1, 0.15) is 5.82 Å². The number of thioether (sulfide) groups is 1. The van der Waals surface area contributed by atoms with Gasteiger partial charge >= 0.3 is 6.18 Å². The fourth-order valence-corrected chi connectivity index (χ4v) is 2.77. The van der Waals surface area contributed by atoms with Crippen molar-refractivity contribution in [3.63, 3.8) is 0 Å². The van der Waals surface area contributed by atoms with Crippen LogP contribution in [0.2, 0.25) is 0 Å². The van der Waals surface area contributed by atoms with Crippen molar-refractivity contribution in [3.8, 4) is 11.4 Å². The third kappa shape index (κ3) is 3.49. The number of pyridine rings is 1. The maximum Gasteiger partial charge on any atom is 0.433 e. The van der Waals surface area contributed by atoms with Crippen molar-refractivity contribution >= 4 is 17.6 Å². The molecule has 0 bridgehead atoms.